The fraction of sp³-hybridized carbons (Fsp3) is 0.611. The number of H-pyrrole nitrogens is 1. The predicted octanol–water partition coefficient (Wildman–Crippen LogP) is 4.83. The summed E-state index contributed by atoms with van der Waals surface area (Å²) in [5.41, 5.74) is 3.79. The van der Waals surface area contributed by atoms with Gasteiger partial charge in [0.05, 0.1) is 23.9 Å². The molecule has 2 saturated heterocycles. The van der Waals surface area contributed by atoms with Crippen molar-refractivity contribution in [1.29, 1.82) is 0 Å². The molecule has 42 heavy (non-hydrogen) atoms. The number of aromatic nitrogens is 1. The first-order chi connectivity index (χ1) is 20.6. The smallest absolute Gasteiger partial charge is 0.150 e. The van der Waals surface area contributed by atoms with Crippen molar-refractivity contribution in [2.24, 2.45) is 11.3 Å². The van der Waals surface area contributed by atoms with Crippen LogP contribution in [-0.2, 0) is 6.42 Å². The van der Waals surface area contributed by atoms with Gasteiger partial charge >= 0.3 is 0 Å². The van der Waals surface area contributed by atoms with Crippen molar-refractivity contribution >= 4 is 10.9 Å². The number of hydrogen-bond acceptors (Lipinski definition) is 4. The molecule has 8 rings (SSSR count). The minimum Gasteiger partial charge on any atom is -0.634 e. The summed E-state index contributed by atoms with van der Waals surface area (Å²) in [4.78, 5) is 9.20. The lowest BCUT2D eigenvalue weighted by Gasteiger charge is -2.59. The number of nitrogens with one attached hydrogen (secondary N) is 2. The molecule has 1 aromatic heterocycles. The van der Waals surface area contributed by atoms with Gasteiger partial charge in [-0.05, 0) is 113 Å². The average molecular weight is 569 g/mol. The number of hydrogen-bond donors (Lipinski definition) is 3. The molecule has 6 heterocycles. The van der Waals surface area contributed by atoms with E-state index in [1.165, 1.54) is 42.2 Å². The van der Waals surface area contributed by atoms with Crippen molar-refractivity contribution in [2.45, 2.75) is 94.4 Å². The highest BCUT2D eigenvalue weighted by molar-refractivity contribution is 5.85. The van der Waals surface area contributed by atoms with Gasteiger partial charge < -0.3 is 25.3 Å². The van der Waals surface area contributed by atoms with Crippen molar-refractivity contribution in [1.82, 2.24) is 14.8 Å². The number of benzene rings is 1. The molecular weight excluding hydrogens is 520 g/mol. The maximum absolute atomic E-state index is 14.1. The van der Waals surface area contributed by atoms with Crippen LogP contribution in [0.2, 0.25) is 0 Å². The second kappa shape index (κ2) is 10.7. The van der Waals surface area contributed by atoms with Crippen LogP contribution in [0.15, 0.2) is 60.2 Å². The number of aliphatic hydroxyl groups is 1. The van der Waals surface area contributed by atoms with Gasteiger partial charge in [-0.1, -0.05) is 42.5 Å². The molecule has 224 valence electrons. The Hall–Kier alpha value is -2.22. The number of piperidine rings is 1. The SMILES string of the molecule is [O-][NH+]1CCc2c([nH]c3ccccc23)C1C1=CC2(O)CCC=CCCCCN3CCC1C1(CC4C=CCCCCN4C21)C3. The van der Waals surface area contributed by atoms with Gasteiger partial charge in [0.2, 0.25) is 0 Å². The van der Waals surface area contributed by atoms with Gasteiger partial charge in [-0.2, -0.15) is 0 Å². The minimum atomic E-state index is -0.959. The van der Waals surface area contributed by atoms with Crippen LogP contribution in [0.3, 0.4) is 0 Å². The van der Waals surface area contributed by atoms with Gasteiger partial charge in [0.15, 0.2) is 6.04 Å². The fourth-order valence-electron chi connectivity index (χ4n) is 10.3. The number of nitrogens with zero attached hydrogens (tertiary/aromatic N) is 2. The van der Waals surface area contributed by atoms with Crippen LogP contribution in [0.4, 0.5) is 0 Å². The van der Waals surface area contributed by atoms with Crippen molar-refractivity contribution in [3.05, 3.63) is 76.7 Å². The first kappa shape index (κ1) is 27.3. The molecule has 0 amide bonds. The summed E-state index contributed by atoms with van der Waals surface area (Å²) in [5.74, 6) is 0.313. The number of rotatable bonds is 1. The number of fused-ring (bicyclic) bond motifs is 5. The highest BCUT2D eigenvalue weighted by atomic mass is 16.5. The van der Waals surface area contributed by atoms with E-state index in [2.05, 4.69) is 69.4 Å². The van der Waals surface area contributed by atoms with E-state index in [9.17, 15) is 10.3 Å². The van der Waals surface area contributed by atoms with Crippen LogP contribution in [-0.4, -0.2) is 70.3 Å². The number of quaternary nitrogens is 1. The molecule has 6 aliphatic rings. The monoisotopic (exact) mass is 568 g/mol. The normalized spacial score (nSPS) is 40.6. The number of aromatic amines is 1. The Labute approximate surface area is 250 Å². The van der Waals surface area contributed by atoms with E-state index in [-0.39, 0.29) is 17.5 Å². The highest BCUT2D eigenvalue weighted by Crippen LogP contribution is 2.61. The Kier molecular flexibility index (Phi) is 6.99. The molecule has 6 heteroatoms. The largest absolute Gasteiger partial charge is 0.634 e. The summed E-state index contributed by atoms with van der Waals surface area (Å²) in [6.07, 6.45) is 23.6. The predicted molar refractivity (Wildman–Crippen MR) is 168 cm³/mol. The van der Waals surface area contributed by atoms with E-state index in [1.54, 1.807) is 0 Å². The third kappa shape index (κ3) is 4.32. The minimum absolute atomic E-state index is 0.0574. The quantitative estimate of drug-likeness (QED) is 0.341. The first-order valence-electron chi connectivity index (χ1n) is 16.9. The zero-order valence-electron chi connectivity index (χ0n) is 25.1. The lowest BCUT2D eigenvalue weighted by Crippen LogP contribution is -3.09. The van der Waals surface area contributed by atoms with Crippen LogP contribution in [0.1, 0.15) is 81.5 Å². The molecule has 2 aromatic rings. The molecule has 8 unspecified atom stereocenters. The summed E-state index contributed by atoms with van der Waals surface area (Å²) in [7, 11) is 0. The average Bonchev–Trinajstić information content (AvgIpc) is 3.49. The van der Waals surface area contributed by atoms with Crippen LogP contribution in [0, 0.1) is 16.5 Å². The molecule has 0 radical (unpaired) electrons. The Morgan fingerprint density at radius 3 is 2.74 bits per heavy atom. The van der Waals surface area contributed by atoms with Crippen LogP contribution in [0.25, 0.3) is 10.9 Å². The van der Waals surface area contributed by atoms with E-state index < -0.39 is 5.60 Å². The molecule has 6 nitrogen and oxygen atoms in total. The zero-order valence-corrected chi connectivity index (χ0v) is 25.1. The van der Waals surface area contributed by atoms with Crippen molar-refractivity contribution in [2.75, 3.05) is 32.7 Å². The summed E-state index contributed by atoms with van der Waals surface area (Å²) in [6, 6.07) is 8.74. The molecule has 1 aromatic carbocycles. The van der Waals surface area contributed by atoms with E-state index in [4.69, 9.17) is 0 Å². The third-order valence-corrected chi connectivity index (χ3v) is 11.9. The first-order valence-corrected chi connectivity index (χ1v) is 16.9. The van der Waals surface area contributed by atoms with Crippen LogP contribution >= 0.6 is 0 Å². The molecule has 3 bridgehead atoms. The standard InChI is InChI=1S/C36H48N4O2/c41-36-18-10-4-1-2-5-11-19-38-21-17-30(35(25-38)23-26-13-7-3-6-12-20-39(26)34(35)36)29(24-36)33-32-28(16-22-40(33)42)27-14-8-9-15-31(27)37-32/h1,4,7-9,13-15,24,26,30,33-34,37,40-41H,2-3,5-6,10-12,16-23,25H2. The molecule has 1 spiro atoms. The number of hydroxylamine groups is 2. The van der Waals surface area contributed by atoms with Gasteiger partial charge in [-0.3, -0.25) is 4.90 Å². The van der Waals surface area contributed by atoms with E-state index in [0.29, 0.717) is 23.6 Å². The lowest BCUT2D eigenvalue weighted by molar-refractivity contribution is -0.879. The number of para-hydroxylation sites is 1. The van der Waals surface area contributed by atoms with Gasteiger partial charge in [0.1, 0.15) is 0 Å². The van der Waals surface area contributed by atoms with E-state index >= 15 is 0 Å². The summed E-state index contributed by atoms with van der Waals surface area (Å²) < 4.78 is 0. The molecule has 5 aliphatic heterocycles. The molecule has 3 N–H and O–H groups in total. The van der Waals surface area contributed by atoms with Crippen molar-refractivity contribution < 1.29 is 10.2 Å². The zero-order chi connectivity index (χ0) is 28.3. The van der Waals surface area contributed by atoms with Crippen molar-refractivity contribution in [3.63, 3.8) is 0 Å². The van der Waals surface area contributed by atoms with E-state index in [0.717, 1.165) is 82.3 Å². The van der Waals surface area contributed by atoms with Crippen LogP contribution < -0.4 is 5.06 Å². The second-order valence-electron chi connectivity index (χ2n) is 14.3. The number of allylic oxidation sites excluding steroid dienone is 3. The molecule has 2 fully saturated rings. The van der Waals surface area contributed by atoms with Crippen molar-refractivity contribution in [3.8, 4) is 0 Å². The Morgan fingerprint density at radius 2 is 1.81 bits per heavy atom. The Bertz CT molecular complexity index is 1410. The highest BCUT2D eigenvalue weighted by Gasteiger charge is 2.66. The Balaban J connectivity index is 1.32. The van der Waals surface area contributed by atoms with Crippen LogP contribution in [0.5, 0.6) is 0 Å². The van der Waals surface area contributed by atoms with Gasteiger partial charge in [0, 0.05) is 35.3 Å². The third-order valence-electron chi connectivity index (χ3n) is 11.9. The van der Waals surface area contributed by atoms with E-state index in [1.807, 2.05) is 0 Å². The topological polar surface area (TPSA) is 70.0 Å². The summed E-state index contributed by atoms with van der Waals surface area (Å²) in [6.45, 7) is 4.92. The molecular formula is C36H48N4O2. The lowest BCUT2D eigenvalue weighted by atomic mass is 9.54. The maximum Gasteiger partial charge on any atom is 0.150 e. The Morgan fingerprint density at radius 1 is 0.976 bits per heavy atom. The van der Waals surface area contributed by atoms with Gasteiger partial charge in [-0.15, -0.1) is 0 Å². The molecule has 0 saturated carbocycles. The maximum atomic E-state index is 14.1. The molecule has 1 aliphatic carbocycles. The molecule has 8 atom stereocenters. The van der Waals surface area contributed by atoms with Gasteiger partial charge in [0.25, 0.3) is 0 Å². The summed E-state index contributed by atoms with van der Waals surface area (Å²) in [5, 5.41) is 28.8. The second-order valence-corrected chi connectivity index (χ2v) is 14.3. The summed E-state index contributed by atoms with van der Waals surface area (Å²) >= 11 is 0. The fourth-order valence-corrected chi connectivity index (χ4v) is 10.3. The van der Waals surface area contributed by atoms with Gasteiger partial charge in [-0.25, -0.2) is 0 Å².